The van der Waals surface area contributed by atoms with Gasteiger partial charge in [-0.3, -0.25) is 4.79 Å². The van der Waals surface area contributed by atoms with E-state index in [0.29, 0.717) is 35.4 Å². The third-order valence-electron chi connectivity index (χ3n) is 4.08. The summed E-state index contributed by atoms with van der Waals surface area (Å²) in [7, 11) is 1.93. The molecule has 128 valence electrons. The zero-order valence-electron chi connectivity index (χ0n) is 13.5. The topological polar surface area (TPSA) is 82.2 Å². The fraction of sp³-hybridized carbons (Fsp3) is 0.412. The Labute approximate surface area is 146 Å². The number of nitrogens with two attached hydrogens (primary N) is 1. The lowest BCUT2D eigenvalue weighted by Crippen LogP contribution is -2.32. The van der Waals surface area contributed by atoms with Gasteiger partial charge in [0.15, 0.2) is 0 Å². The molecule has 3 N–H and O–H groups in total. The Balaban J connectivity index is 1.83. The maximum atomic E-state index is 12.8. The van der Waals surface area contributed by atoms with Gasteiger partial charge in [-0.15, -0.1) is 0 Å². The van der Waals surface area contributed by atoms with Crippen molar-refractivity contribution in [1.82, 2.24) is 14.9 Å². The minimum absolute atomic E-state index is 0.112. The quantitative estimate of drug-likeness (QED) is 0.804. The van der Waals surface area contributed by atoms with E-state index in [2.05, 4.69) is 10.3 Å². The van der Waals surface area contributed by atoms with E-state index in [1.807, 2.05) is 17.8 Å². The highest BCUT2D eigenvalue weighted by Crippen LogP contribution is 2.40. The van der Waals surface area contributed by atoms with Gasteiger partial charge in [0, 0.05) is 31.0 Å². The van der Waals surface area contributed by atoms with Gasteiger partial charge >= 0.3 is 0 Å². The van der Waals surface area contributed by atoms with E-state index in [1.165, 1.54) is 0 Å². The third-order valence-corrected chi connectivity index (χ3v) is 4.31. The van der Waals surface area contributed by atoms with Crippen molar-refractivity contribution in [2.24, 2.45) is 18.7 Å². The molecular formula is C17H21ClN4O2. The number of rotatable bonds is 7. The molecule has 1 amide bonds. The standard InChI is InChI=1S/C17H21ClN4O2/c1-22-8-7-20-16(22)15(11-2-3-11)21-17(23)13-10-12(18)4-5-14(13)24-9-6-19/h4-5,7-8,10-11,15H,2-3,6,9,19H2,1H3,(H,21,23). The molecule has 7 heteroatoms. The van der Waals surface area contributed by atoms with Crippen LogP contribution in [0.3, 0.4) is 0 Å². The minimum atomic E-state index is -0.218. The Kier molecular flexibility index (Phi) is 5.06. The van der Waals surface area contributed by atoms with Crippen LogP contribution < -0.4 is 15.8 Å². The second kappa shape index (κ2) is 7.23. The molecule has 24 heavy (non-hydrogen) atoms. The van der Waals surface area contributed by atoms with Crippen LogP contribution in [0.4, 0.5) is 0 Å². The number of benzene rings is 1. The zero-order valence-corrected chi connectivity index (χ0v) is 14.3. The van der Waals surface area contributed by atoms with Gasteiger partial charge in [-0.1, -0.05) is 11.6 Å². The maximum absolute atomic E-state index is 12.8. The summed E-state index contributed by atoms with van der Waals surface area (Å²) >= 11 is 6.05. The summed E-state index contributed by atoms with van der Waals surface area (Å²) in [5.74, 6) is 1.54. The number of nitrogens with zero attached hydrogens (tertiary/aromatic N) is 2. The number of carbonyl (C=O) groups excluding carboxylic acids is 1. The summed E-state index contributed by atoms with van der Waals surface area (Å²) in [6, 6.07) is 4.89. The zero-order chi connectivity index (χ0) is 17.1. The lowest BCUT2D eigenvalue weighted by atomic mass is 10.1. The minimum Gasteiger partial charge on any atom is -0.491 e. The predicted octanol–water partition coefficient (Wildman–Crippen LogP) is 2.29. The van der Waals surface area contributed by atoms with Gasteiger partial charge in [0.25, 0.3) is 5.91 Å². The normalized spacial score (nSPS) is 15.1. The molecule has 0 spiro atoms. The highest BCUT2D eigenvalue weighted by Gasteiger charge is 2.36. The van der Waals surface area contributed by atoms with Crippen molar-refractivity contribution in [2.45, 2.75) is 18.9 Å². The van der Waals surface area contributed by atoms with E-state index < -0.39 is 0 Å². The molecule has 1 fully saturated rings. The lowest BCUT2D eigenvalue weighted by Gasteiger charge is -2.19. The van der Waals surface area contributed by atoms with E-state index in [9.17, 15) is 4.79 Å². The number of ether oxygens (including phenoxy) is 1. The number of hydrogen-bond donors (Lipinski definition) is 2. The molecule has 3 rings (SSSR count). The Hall–Kier alpha value is -2.05. The van der Waals surface area contributed by atoms with Gasteiger partial charge in [0.2, 0.25) is 0 Å². The third kappa shape index (κ3) is 3.71. The summed E-state index contributed by atoms with van der Waals surface area (Å²) in [5, 5.41) is 3.58. The molecule has 1 unspecified atom stereocenters. The Morgan fingerprint density at radius 1 is 1.54 bits per heavy atom. The van der Waals surface area contributed by atoms with Crippen LogP contribution in [0, 0.1) is 5.92 Å². The molecule has 1 atom stereocenters. The molecule has 2 aromatic rings. The molecule has 1 aromatic heterocycles. The Morgan fingerprint density at radius 2 is 2.33 bits per heavy atom. The predicted molar refractivity (Wildman–Crippen MR) is 92.1 cm³/mol. The van der Waals surface area contributed by atoms with Gasteiger partial charge in [-0.2, -0.15) is 0 Å². The first-order valence-electron chi connectivity index (χ1n) is 8.00. The van der Waals surface area contributed by atoms with Crippen molar-refractivity contribution in [3.05, 3.63) is 47.0 Å². The fourth-order valence-corrected chi connectivity index (χ4v) is 2.87. The van der Waals surface area contributed by atoms with Crippen LogP contribution in [0.15, 0.2) is 30.6 Å². The first-order valence-corrected chi connectivity index (χ1v) is 8.38. The van der Waals surface area contributed by atoms with Gasteiger partial charge < -0.3 is 20.4 Å². The van der Waals surface area contributed by atoms with E-state index in [0.717, 1.165) is 18.7 Å². The average Bonchev–Trinajstić information content (AvgIpc) is 3.33. The van der Waals surface area contributed by atoms with E-state index in [4.69, 9.17) is 22.1 Å². The first-order chi connectivity index (χ1) is 11.6. The number of amides is 1. The van der Waals surface area contributed by atoms with Crippen molar-refractivity contribution >= 4 is 17.5 Å². The summed E-state index contributed by atoms with van der Waals surface area (Å²) in [6.07, 6.45) is 5.80. The first kappa shape index (κ1) is 16.8. The Bertz CT molecular complexity index is 727. The number of carbonyl (C=O) groups is 1. The SMILES string of the molecule is Cn1ccnc1C(NC(=O)c1cc(Cl)ccc1OCCN)C1CC1. The van der Waals surface area contributed by atoms with Gasteiger partial charge in [0.1, 0.15) is 18.2 Å². The molecular weight excluding hydrogens is 328 g/mol. The van der Waals surface area contributed by atoms with Crippen LogP contribution in [-0.4, -0.2) is 28.6 Å². The number of aryl methyl sites for hydroxylation is 1. The number of hydrogen-bond acceptors (Lipinski definition) is 4. The molecule has 6 nitrogen and oxygen atoms in total. The molecule has 1 aromatic carbocycles. The van der Waals surface area contributed by atoms with Crippen molar-refractivity contribution in [3.63, 3.8) is 0 Å². The molecule has 0 aliphatic heterocycles. The number of aromatic nitrogens is 2. The summed E-state index contributed by atoms with van der Waals surface area (Å²) in [6.45, 7) is 0.717. The molecule has 0 bridgehead atoms. The van der Waals surface area contributed by atoms with Crippen LogP contribution >= 0.6 is 11.6 Å². The van der Waals surface area contributed by atoms with Gasteiger partial charge in [-0.25, -0.2) is 4.98 Å². The van der Waals surface area contributed by atoms with E-state index in [1.54, 1.807) is 24.4 Å². The van der Waals surface area contributed by atoms with Crippen LogP contribution in [-0.2, 0) is 7.05 Å². The fourth-order valence-electron chi connectivity index (χ4n) is 2.69. The van der Waals surface area contributed by atoms with Crippen LogP contribution in [0.1, 0.15) is 35.1 Å². The molecule has 1 aliphatic carbocycles. The highest BCUT2D eigenvalue weighted by atomic mass is 35.5. The molecule has 0 radical (unpaired) electrons. The average molecular weight is 349 g/mol. The van der Waals surface area contributed by atoms with Crippen LogP contribution in [0.5, 0.6) is 5.75 Å². The van der Waals surface area contributed by atoms with Gasteiger partial charge in [-0.05, 0) is 37.0 Å². The second-order valence-electron chi connectivity index (χ2n) is 5.96. The molecule has 1 aliphatic rings. The van der Waals surface area contributed by atoms with Gasteiger partial charge in [0.05, 0.1) is 11.6 Å². The monoisotopic (exact) mass is 348 g/mol. The number of nitrogens with one attached hydrogen (secondary N) is 1. The molecule has 1 saturated carbocycles. The molecule has 0 saturated heterocycles. The van der Waals surface area contributed by atoms with Crippen LogP contribution in [0.2, 0.25) is 5.02 Å². The smallest absolute Gasteiger partial charge is 0.255 e. The van der Waals surface area contributed by atoms with Crippen molar-refractivity contribution < 1.29 is 9.53 Å². The van der Waals surface area contributed by atoms with Crippen molar-refractivity contribution in [3.8, 4) is 5.75 Å². The summed E-state index contributed by atoms with van der Waals surface area (Å²) < 4.78 is 7.51. The van der Waals surface area contributed by atoms with E-state index >= 15 is 0 Å². The van der Waals surface area contributed by atoms with E-state index in [-0.39, 0.29) is 11.9 Å². The van der Waals surface area contributed by atoms with Crippen molar-refractivity contribution in [1.29, 1.82) is 0 Å². The number of halogens is 1. The second-order valence-corrected chi connectivity index (χ2v) is 6.40. The highest BCUT2D eigenvalue weighted by molar-refractivity contribution is 6.31. The largest absolute Gasteiger partial charge is 0.491 e. The summed E-state index contributed by atoms with van der Waals surface area (Å²) in [5.41, 5.74) is 5.89. The molecule has 1 heterocycles. The number of imidazole rings is 1. The maximum Gasteiger partial charge on any atom is 0.255 e. The lowest BCUT2D eigenvalue weighted by molar-refractivity contribution is 0.0925. The van der Waals surface area contributed by atoms with Crippen molar-refractivity contribution in [2.75, 3.05) is 13.2 Å². The Morgan fingerprint density at radius 3 is 2.96 bits per heavy atom. The van der Waals surface area contributed by atoms with Crippen LogP contribution in [0.25, 0.3) is 0 Å². The summed E-state index contributed by atoms with van der Waals surface area (Å²) in [4.78, 5) is 17.2.